The Labute approximate surface area is 111 Å². The molecule has 3 N–H and O–H groups in total. The van der Waals surface area contributed by atoms with Gasteiger partial charge in [-0.15, -0.1) is 0 Å². The van der Waals surface area contributed by atoms with Gasteiger partial charge in [0.1, 0.15) is 0 Å². The van der Waals surface area contributed by atoms with E-state index in [1.54, 1.807) is 0 Å². The lowest BCUT2D eigenvalue weighted by molar-refractivity contribution is 0.145. The van der Waals surface area contributed by atoms with Crippen molar-refractivity contribution in [2.24, 2.45) is 5.73 Å². The third-order valence-corrected chi connectivity index (χ3v) is 3.99. The summed E-state index contributed by atoms with van der Waals surface area (Å²) in [6, 6.07) is 6.36. The maximum Gasteiger partial charge on any atom is 0.0574 e. The van der Waals surface area contributed by atoms with Crippen molar-refractivity contribution >= 4 is 21.6 Å². The monoisotopic (exact) mass is 298 g/mol. The minimum atomic E-state index is -0.127. The zero-order chi connectivity index (χ0) is 12.4. The molecular weight excluding hydrogens is 280 g/mol. The third-order valence-electron chi connectivity index (χ3n) is 3.30. The van der Waals surface area contributed by atoms with Gasteiger partial charge in [-0.3, -0.25) is 0 Å². The molecule has 0 amide bonds. The van der Waals surface area contributed by atoms with Gasteiger partial charge in [-0.1, -0.05) is 22.0 Å². The largest absolute Gasteiger partial charge is 0.393 e. The summed E-state index contributed by atoms with van der Waals surface area (Å²) in [5, 5.41) is 9.49. The summed E-state index contributed by atoms with van der Waals surface area (Å²) in [4.78, 5) is 2.31. The molecule has 1 saturated heterocycles. The second kappa shape index (κ2) is 5.38. The highest BCUT2D eigenvalue weighted by molar-refractivity contribution is 9.10. The molecule has 2 rings (SSSR count). The summed E-state index contributed by atoms with van der Waals surface area (Å²) < 4.78 is 1.07. The Kier molecular flexibility index (Phi) is 4.07. The molecule has 0 saturated carbocycles. The van der Waals surface area contributed by atoms with Gasteiger partial charge in [-0.2, -0.15) is 0 Å². The molecule has 1 fully saturated rings. The first-order valence-corrected chi connectivity index (χ1v) is 6.85. The van der Waals surface area contributed by atoms with Crippen LogP contribution in [0.3, 0.4) is 0 Å². The molecule has 0 bridgehead atoms. The van der Waals surface area contributed by atoms with Crippen molar-refractivity contribution in [3.8, 4) is 0 Å². The predicted octanol–water partition coefficient (Wildman–Crippen LogP) is 2.43. The number of anilines is 1. The van der Waals surface area contributed by atoms with E-state index in [-0.39, 0.29) is 12.1 Å². The molecule has 3 nitrogen and oxygen atoms in total. The van der Waals surface area contributed by atoms with E-state index in [4.69, 9.17) is 5.73 Å². The van der Waals surface area contributed by atoms with Crippen LogP contribution in [0.25, 0.3) is 0 Å². The molecule has 1 aromatic rings. The fraction of sp³-hybridized carbons (Fsp3) is 0.538. The fourth-order valence-corrected chi connectivity index (χ4v) is 2.93. The fourth-order valence-electron chi connectivity index (χ4n) is 2.21. The van der Waals surface area contributed by atoms with Gasteiger partial charge in [0.15, 0.2) is 0 Å². The SMILES string of the molecule is C[C@H](N)c1ccc(N2CCC(O)CC2)cc1Br. The van der Waals surface area contributed by atoms with E-state index >= 15 is 0 Å². The first kappa shape index (κ1) is 12.9. The Morgan fingerprint density at radius 1 is 1.41 bits per heavy atom. The topological polar surface area (TPSA) is 49.5 Å². The lowest BCUT2D eigenvalue weighted by Gasteiger charge is -2.31. The van der Waals surface area contributed by atoms with Crippen LogP contribution in [0, 0.1) is 0 Å². The number of nitrogens with two attached hydrogens (primary N) is 1. The maximum atomic E-state index is 9.49. The highest BCUT2D eigenvalue weighted by Crippen LogP contribution is 2.28. The highest BCUT2D eigenvalue weighted by atomic mass is 79.9. The van der Waals surface area contributed by atoms with Crippen LogP contribution in [0.1, 0.15) is 31.4 Å². The van der Waals surface area contributed by atoms with Crippen molar-refractivity contribution in [3.63, 3.8) is 0 Å². The molecular formula is C13H19BrN2O. The molecule has 0 aliphatic carbocycles. The summed E-state index contributed by atoms with van der Waals surface area (Å²) in [6.07, 6.45) is 1.58. The number of hydrogen-bond donors (Lipinski definition) is 2. The Balaban J connectivity index is 2.14. The van der Waals surface area contributed by atoms with E-state index in [0.717, 1.165) is 36.0 Å². The van der Waals surface area contributed by atoms with Gasteiger partial charge in [0.25, 0.3) is 0 Å². The van der Waals surface area contributed by atoms with Gasteiger partial charge in [0, 0.05) is 29.3 Å². The Morgan fingerprint density at radius 3 is 2.59 bits per heavy atom. The first-order chi connectivity index (χ1) is 8.08. The average molecular weight is 299 g/mol. The predicted molar refractivity (Wildman–Crippen MR) is 74.2 cm³/mol. The average Bonchev–Trinajstić information content (AvgIpc) is 2.29. The lowest BCUT2D eigenvalue weighted by Crippen LogP contribution is -2.35. The van der Waals surface area contributed by atoms with E-state index in [1.165, 1.54) is 5.69 Å². The second-order valence-electron chi connectivity index (χ2n) is 4.71. The van der Waals surface area contributed by atoms with E-state index in [0.29, 0.717) is 0 Å². The molecule has 0 unspecified atom stereocenters. The van der Waals surface area contributed by atoms with Crippen LogP contribution in [-0.2, 0) is 0 Å². The van der Waals surface area contributed by atoms with Gasteiger partial charge >= 0.3 is 0 Å². The van der Waals surface area contributed by atoms with Gasteiger partial charge < -0.3 is 15.7 Å². The van der Waals surface area contributed by atoms with Crippen LogP contribution in [-0.4, -0.2) is 24.3 Å². The summed E-state index contributed by atoms with van der Waals surface area (Å²) in [5.41, 5.74) is 8.22. The van der Waals surface area contributed by atoms with Crippen molar-refractivity contribution in [2.75, 3.05) is 18.0 Å². The molecule has 0 radical (unpaired) electrons. The lowest BCUT2D eigenvalue weighted by atomic mass is 10.1. The smallest absolute Gasteiger partial charge is 0.0574 e. The zero-order valence-electron chi connectivity index (χ0n) is 10.1. The Bertz CT molecular complexity index is 387. The first-order valence-electron chi connectivity index (χ1n) is 6.06. The minimum Gasteiger partial charge on any atom is -0.393 e. The molecule has 94 valence electrons. The minimum absolute atomic E-state index is 0.0432. The number of halogens is 1. The van der Waals surface area contributed by atoms with Gasteiger partial charge in [0.2, 0.25) is 0 Å². The molecule has 0 aromatic heterocycles. The van der Waals surface area contributed by atoms with E-state index in [9.17, 15) is 5.11 Å². The molecule has 1 aliphatic rings. The van der Waals surface area contributed by atoms with Crippen molar-refractivity contribution in [1.82, 2.24) is 0 Å². The number of benzene rings is 1. The zero-order valence-corrected chi connectivity index (χ0v) is 11.7. The molecule has 1 aliphatic heterocycles. The molecule has 0 spiro atoms. The number of nitrogens with zero attached hydrogens (tertiary/aromatic N) is 1. The standard InChI is InChI=1S/C13H19BrN2O/c1-9(15)12-3-2-10(8-13(12)14)16-6-4-11(17)5-7-16/h2-3,8-9,11,17H,4-7,15H2,1H3/t9-/m0/s1. The van der Waals surface area contributed by atoms with E-state index < -0.39 is 0 Å². The number of rotatable bonds is 2. The Morgan fingerprint density at radius 2 is 2.06 bits per heavy atom. The number of piperidine rings is 1. The van der Waals surface area contributed by atoms with Crippen LogP contribution >= 0.6 is 15.9 Å². The number of aliphatic hydroxyl groups is 1. The summed E-state index contributed by atoms with van der Waals surface area (Å²) in [6.45, 7) is 3.83. The molecule has 1 heterocycles. The van der Waals surface area contributed by atoms with Crippen molar-refractivity contribution in [1.29, 1.82) is 0 Å². The highest BCUT2D eigenvalue weighted by Gasteiger charge is 2.18. The van der Waals surface area contributed by atoms with Crippen LogP contribution in [0.4, 0.5) is 5.69 Å². The van der Waals surface area contributed by atoms with Gasteiger partial charge in [-0.05, 0) is 37.5 Å². The number of aliphatic hydroxyl groups excluding tert-OH is 1. The summed E-state index contributed by atoms with van der Waals surface area (Å²) in [5.74, 6) is 0. The maximum absolute atomic E-state index is 9.49. The quantitative estimate of drug-likeness (QED) is 0.882. The summed E-state index contributed by atoms with van der Waals surface area (Å²) in [7, 11) is 0. The second-order valence-corrected chi connectivity index (χ2v) is 5.57. The van der Waals surface area contributed by atoms with Crippen LogP contribution < -0.4 is 10.6 Å². The molecule has 1 aromatic carbocycles. The van der Waals surface area contributed by atoms with Crippen LogP contribution in [0.5, 0.6) is 0 Å². The van der Waals surface area contributed by atoms with Gasteiger partial charge in [-0.25, -0.2) is 0 Å². The van der Waals surface area contributed by atoms with E-state index in [1.807, 2.05) is 6.92 Å². The molecule has 17 heavy (non-hydrogen) atoms. The Hall–Kier alpha value is -0.580. The van der Waals surface area contributed by atoms with Crippen molar-refractivity contribution in [3.05, 3.63) is 28.2 Å². The molecule has 4 heteroatoms. The summed E-state index contributed by atoms with van der Waals surface area (Å²) >= 11 is 3.57. The van der Waals surface area contributed by atoms with Crippen molar-refractivity contribution < 1.29 is 5.11 Å². The van der Waals surface area contributed by atoms with Crippen molar-refractivity contribution in [2.45, 2.75) is 31.9 Å². The normalized spacial score (nSPS) is 19.4. The van der Waals surface area contributed by atoms with Gasteiger partial charge in [0.05, 0.1) is 6.10 Å². The van der Waals surface area contributed by atoms with E-state index in [2.05, 4.69) is 39.0 Å². The van der Waals surface area contributed by atoms with Crippen LogP contribution in [0.15, 0.2) is 22.7 Å². The third kappa shape index (κ3) is 3.00. The molecule has 1 atom stereocenters. The number of hydrogen-bond acceptors (Lipinski definition) is 3. The van der Waals surface area contributed by atoms with Crippen LogP contribution in [0.2, 0.25) is 0 Å².